The molecule has 0 heterocycles. The molecule has 0 aliphatic carbocycles. The van der Waals surface area contributed by atoms with E-state index in [1.807, 2.05) is 0 Å². The van der Waals surface area contributed by atoms with E-state index in [0.29, 0.717) is 10.8 Å². The van der Waals surface area contributed by atoms with E-state index >= 15 is 0 Å². The van der Waals surface area contributed by atoms with Crippen molar-refractivity contribution in [2.75, 3.05) is 0 Å². The Kier molecular flexibility index (Phi) is 4.16. The summed E-state index contributed by atoms with van der Waals surface area (Å²) in [4.78, 5) is 22.1. The number of nitrogens with zero attached hydrogens (tertiary/aromatic N) is 1. The first-order chi connectivity index (χ1) is 10.3. The fourth-order valence-electron chi connectivity index (χ4n) is 1.96. The van der Waals surface area contributed by atoms with Gasteiger partial charge in [0.05, 0.1) is 16.4 Å². The van der Waals surface area contributed by atoms with E-state index in [4.69, 9.17) is 4.74 Å². The molecular formula is C15H15NO6. The van der Waals surface area contributed by atoms with E-state index < -0.39 is 10.9 Å². The number of benzene rings is 2. The number of nitro benzene ring substituents is 1. The molecule has 0 atom stereocenters. The summed E-state index contributed by atoms with van der Waals surface area (Å²) in [6.07, 6.45) is 0. The summed E-state index contributed by atoms with van der Waals surface area (Å²) in [6, 6.07) is 5.26. The van der Waals surface area contributed by atoms with Gasteiger partial charge < -0.3 is 14.9 Å². The molecule has 0 saturated carbocycles. The third-order valence-electron chi connectivity index (χ3n) is 3.17. The molecule has 0 saturated heterocycles. The molecule has 2 rings (SSSR count). The number of nitro groups is 1. The van der Waals surface area contributed by atoms with Crippen LogP contribution < -0.4 is 0 Å². The van der Waals surface area contributed by atoms with Crippen LogP contribution in [0.15, 0.2) is 24.3 Å². The number of rotatable bonds is 4. The van der Waals surface area contributed by atoms with Gasteiger partial charge in [-0.05, 0) is 29.0 Å². The number of ether oxygens (including phenoxy) is 1. The second-order valence-electron chi connectivity index (χ2n) is 5.19. The maximum Gasteiger partial charge on any atom is 0.308 e. The van der Waals surface area contributed by atoms with Crippen LogP contribution >= 0.6 is 0 Å². The van der Waals surface area contributed by atoms with Gasteiger partial charge in [0.1, 0.15) is 6.61 Å². The van der Waals surface area contributed by atoms with Gasteiger partial charge >= 0.3 is 5.97 Å². The Morgan fingerprint density at radius 1 is 1.18 bits per heavy atom. The minimum Gasteiger partial charge on any atom is -0.504 e. The maximum absolute atomic E-state index is 11.5. The smallest absolute Gasteiger partial charge is 0.308 e. The van der Waals surface area contributed by atoms with Crippen molar-refractivity contribution in [1.29, 1.82) is 0 Å². The zero-order chi connectivity index (χ0) is 16.4. The number of esters is 1. The highest BCUT2D eigenvalue weighted by Gasteiger charge is 2.18. The SMILES string of the molecule is CC(C)C(=O)OCc1cc2cc(O)c(O)cc2cc1[N+](=O)[O-]. The van der Waals surface area contributed by atoms with E-state index in [1.165, 1.54) is 24.3 Å². The molecule has 2 aromatic carbocycles. The number of hydrogen-bond donors (Lipinski definition) is 2. The monoisotopic (exact) mass is 305 g/mol. The van der Waals surface area contributed by atoms with Crippen molar-refractivity contribution in [1.82, 2.24) is 0 Å². The number of hydrogen-bond acceptors (Lipinski definition) is 6. The van der Waals surface area contributed by atoms with E-state index in [0.717, 1.165) is 0 Å². The highest BCUT2D eigenvalue weighted by molar-refractivity contribution is 5.89. The topological polar surface area (TPSA) is 110 Å². The highest BCUT2D eigenvalue weighted by atomic mass is 16.6. The van der Waals surface area contributed by atoms with Gasteiger partial charge in [-0.15, -0.1) is 0 Å². The maximum atomic E-state index is 11.5. The largest absolute Gasteiger partial charge is 0.504 e. The van der Waals surface area contributed by atoms with Crippen molar-refractivity contribution in [2.45, 2.75) is 20.5 Å². The number of aromatic hydroxyl groups is 2. The Bertz CT molecular complexity index is 753. The van der Waals surface area contributed by atoms with Crippen LogP contribution in [0.1, 0.15) is 19.4 Å². The van der Waals surface area contributed by atoms with Crippen molar-refractivity contribution < 1.29 is 24.7 Å². The number of phenols is 2. The predicted molar refractivity (Wildman–Crippen MR) is 78.6 cm³/mol. The van der Waals surface area contributed by atoms with Crippen LogP contribution in [-0.2, 0) is 16.1 Å². The van der Waals surface area contributed by atoms with Crippen molar-refractivity contribution >= 4 is 22.4 Å². The van der Waals surface area contributed by atoms with Gasteiger partial charge in [0, 0.05) is 6.07 Å². The molecule has 0 radical (unpaired) electrons. The highest BCUT2D eigenvalue weighted by Crippen LogP contribution is 2.34. The Balaban J connectivity index is 2.47. The first kappa shape index (κ1) is 15.6. The average molecular weight is 305 g/mol. The Labute approximate surface area is 125 Å². The lowest BCUT2D eigenvalue weighted by Crippen LogP contribution is -2.12. The van der Waals surface area contributed by atoms with Gasteiger partial charge in [0.25, 0.3) is 5.69 Å². The molecule has 2 N–H and O–H groups in total. The number of carbonyl (C=O) groups is 1. The normalized spacial score (nSPS) is 10.9. The van der Waals surface area contributed by atoms with Crippen LogP contribution in [0, 0.1) is 16.0 Å². The first-order valence-electron chi connectivity index (χ1n) is 6.59. The third kappa shape index (κ3) is 3.08. The molecular weight excluding hydrogens is 290 g/mol. The Morgan fingerprint density at radius 2 is 1.73 bits per heavy atom. The lowest BCUT2D eigenvalue weighted by molar-refractivity contribution is -0.385. The van der Waals surface area contributed by atoms with Crippen molar-refractivity contribution in [3.05, 3.63) is 39.9 Å². The molecule has 0 aromatic heterocycles. The molecule has 0 spiro atoms. The van der Waals surface area contributed by atoms with Crippen molar-refractivity contribution in [3.63, 3.8) is 0 Å². The lowest BCUT2D eigenvalue weighted by Gasteiger charge is -2.09. The van der Waals surface area contributed by atoms with E-state index in [1.54, 1.807) is 13.8 Å². The van der Waals surface area contributed by atoms with E-state index in [9.17, 15) is 25.1 Å². The molecule has 0 bridgehead atoms. The molecule has 0 aliphatic heterocycles. The molecule has 0 fully saturated rings. The fourth-order valence-corrected chi connectivity index (χ4v) is 1.96. The van der Waals surface area contributed by atoms with Crippen LogP contribution in [-0.4, -0.2) is 21.1 Å². The standard InChI is InChI=1S/C15H15NO6/c1-8(2)15(19)22-7-11-3-9-5-13(17)14(18)6-10(9)4-12(11)16(20)21/h3-6,8,17-18H,7H2,1-2H3. The van der Waals surface area contributed by atoms with Crippen molar-refractivity contribution in [3.8, 4) is 11.5 Å². The fraction of sp³-hybridized carbons (Fsp3) is 0.267. The summed E-state index contributed by atoms with van der Waals surface area (Å²) < 4.78 is 5.03. The lowest BCUT2D eigenvalue weighted by atomic mass is 10.0. The average Bonchev–Trinajstić information content (AvgIpc) is 2.45. The van der Waals surface area contributed by atoms with Gasteiger partial charge in [-0.1, -0.05) is 13.8 Å². The summed E-state index contributed by atoms with van der Waals surface area (Å²) in [5.41, 5.74) is 0.00531. The molecule has 0 unspecified atom stereocenters. The molecule has 22 heavy (non-hydrogen) atoms. The number of phenolic OH excluding ortho intramolecular Hbond substituents is 2. The second-order valence-corrected chi connectivity index (χ2v) is 5.19. The predicted octanol–water partition coefficient (Wildman–Crippen LogP) is 2.86. The number of carbonyl (C=O) groups excluding carboxylic acids is 1. The quantitative estimate of drug-likeness (QED) is 0.389. The van der Waals surface area contributed by atoms with E-state index in [2.05, 4.69) is 0 Å². The second kappa shape index (κ2) is 5.88. The van der Waals surface area contributed by atoms with Crippen LogP contribution in [0.5, 0.6) is 11.5 Å². The third-order valence-corrected chi connectivity index (χ3v) is 3.17. The molecule has 7 nitrogen and oxygen atoms in total. The molecule has 116 valence electrons. The minimum absolute atomic E-state index is 0.214. The van der Waals surface area contributed by atoms with Gasteiger partial charge in [0.2, 0.25) is 0 Å². The van der Waals surface area contributed by atoms with Gasteiger partial charge in [-0.25, -0.2) is 0 Å². The minimum atomic E-state index is -0.581. The summed E-state index contributed by atoms with van der Waals surface area (Å²) in [5.74, 6) is -1.48. The summed E-state index contributed by atoms with van der Waals surface area (Å²) >= 11 is 0. The Hall–Kier alpha value is -2.83. The van der Waals surface area contributed by atoms with Crippen LogP contribution in [0.25, 0.3) is 10.8 Å². The van der Waals surface area contributed by atoms with Crippen molar-refractivity contribution in [2.24, 2.45) is 5.92 Å². The van der Waals surface area contributed by atoms with Gasteiger partial charge in [-0.3, -0.25) is 14.9 Å². The van der Waals surface area contributed by atoms with E-state index in [-0.39, 0.29) is 35.3 Å². The molecule has 2 aromatic rings. The molecule has 7 heteroatoms. The first-order valence-corrected chi connectivity index (χ1v) is 6.59. The summed E-state index contributed by atoms with van der Waals surface area (Å²) in [5, 5.41) is 31.0. The van der Waals surface area contributed by atoms with Gasteiger partial charge in [0.15, 0.2) is 11.5 Å². The summed E-state index contributed by atoms with van der Waals surface area (Å²) in [7, 11) is 0. The molecule has 0 aliphatic rings. The van der Waals surface area contributed by atoms with Crippen LogP contribution in [0.2, 0.25) is 0 Å². The van der Waals surface area contributed by atoms with Crippen LogP contribution in [0.3, 0.4) is 0 Å². The Morgan fingerprint density at radius 3 is 2.23 bits per heavy atom. The summed E-state index contributed by atoms with van der Waals surface area (Å²) in [6.45, 7) is 3.10. The van der Waals surface area contributed by atoms with Gasteiger partial charge in [-0.2, -0.15) is 0 Å². The van der Waals surface area contributed by atoms with Crippen LogP contribution in [0.4, 0.5) is 5.69 Å². The number of fused-ring (bicyclic) bond motifs is 1. The zero-order valence-electron chi connectivity index (χ0n) is 12.1. The molecule has 0 amide bonds. The zero-order valence-corrected chi connectivity index (χ0v) is 12.1.